The highest BCUT2D eigenvalue weighted by molar-refractivity contribution is 9.10. The van der Waals surface area contributed by atoms with E-state index >= 15 is 0 Å². The lowest BCUT2D eigenvalue weighted by molar-refractivity contribution is 0.610. The number of aromatic nitrogens is 2. The molecule has 1 aromatic rings. The highest BCUT2D eigenvalue weighted by Gasteiger charge is 2.13. The third kappa shape index (κ3) is 2.80. The second-order valence-electron chi connectivity index (χ2n) is 4.40. The van der Waals surface area contributed by atoms with E-state index in [9.17, 15) is 0 Å². The average Bonchev–Trinajstić information content (AvgIpc) is 2.68. The smallest absolute Gasteiger partial charge is 0.0770 e. The molecule has 2 rings (SSSR count). The van der Waals surface area contributed by atoms with Crippen LogP contribution in [-0.4, -0.2) is 22.9 Å². The molecule has 4 heteroatoms. The van der Waals surface area contributed by atoms with E-state index in [0.29, 0.717) is 0 Å². The predicted octanol–water partition coefficient (Wildman–Crippen LogP) is 2.99. The van der Waals surface area contributed by atoms with Crippen molar-refractivity contribution in [2.75, 3.05) is 13.1 Å². The van der Waals surface area contributed by atoms with E-state index in [4.69, 9.17) is 0 Å². The molecule has 94 valence electrons. The summed E-state index contributed by atoms with van der Waals surface area (Å²) in [5, 5.41) is 8.04. The molecule has 0 amide bonds. The Morgan fingerprint density at radius 2 is 2.29 bits per heavy atom. The number of hydrogen-bond acceptors (Lipinski definition) is 2. The minimum absolute atomic E-state index is 0.922. The quantitative estimate of drug-likeness (QED) is 0.929. The van der Waals surface area contributed by atoms with Gasteiger partial charge in [0.25, 0.3) is 0 Å². The van der Waals surface area contributed by atoms with Crippen LogP contribution in [0.15, 0.2) is 10.0 Å². The molecule has 17 heavy (non-hydrogen) atoms. The minimum Gasteiger partial charge on any atom is -0.313 e. The van der Waals surface area contributed by atoms with Crippen molar-refractivity contribution in [1.82, 2.24) is 15.1 Å². The molecule has 3 nitrogen and oxygen atoms in total. The van der Waals surface area contributed by atoms with Gasteiger partial charge in [0.2, 0.25) is 0 Å². The normalized spacial score (nSPS) is 18.9. The highest BCUT2D eigenvalue weighted by Crippen LogP contribution is 2.25. The summed E-state index contributed by atoms with van der Waals surface area (Å²) in [4.78, 5) is 0. The number of hydrogen-bond donors (Lipinski definition) is 1. The zero-order valence-corrected chi connectivity index (χ0v) is 12.2. The van der Waals surface area contributed by atoms with Gasteiger partial charge in [0.1, 0.15) is 0 Å². The Bertz CT molecular complexity index is 413. The predicted molar refractivity (Wildman–Crippen MR) is 75.1 cm³/mol. The SMILES string of the molecule is CCc1nn(CC)c(/C=C2\CCCNC2)c1Br. The Kier molecular flexibility index (Phi) is 4.40. The van der Waals surface area contributed by atoms with Crippen LogP contribution in [0.2, 0.25) is 0 Å². The lowest BCUT2D eigenvalue weighted by Gasteiger charge is -2.15. The van der Waals surface area contributed by atoms with E-state index in [-0.39, 0.29) is 0 Å². The molecule has 0 aliphatic carbocycles. The summed E-state index contributed by atoms with van der Waals surface area (Å²) in [5.41, 5.74) is 3.86. The van der Waals surface area contributed by atoms with Crippen LogP contribution in [0.3, 0.4) is 0 Å². The van der Waals surface area contributed by atoms with Gasteiger partial charge >= 0.3 is 0 Å². The monoisotopic (exact) mass is 297 g/mol. The van der Waals surface area contributed by atoms with E-state index in [0.717, 1.165) is 31.7 Å². The van der Waals surface area contributed by atoms with Gasteiger partial charge in [-0.05, 0) is 54.7 Å². The first-order valence-electron chi connectivity index (χ1n) is 6.41. The summed E-state index contributed by atoms with van der Waals surface area (Å²) in [7, 11) is 0. The Morgan fingerprint density at radius 3 is 2.88 bits per heavy atom. The topological polar surface area (TPSA) is 29.9 Å². The van der Waals surface area contributed by atoms with Gasteiger partial charge in [0, 0.05) is 13.1 Å². The summed E-state index contributed by atoms with van der Waals surface area (Å²) in [6.45, 7) is 7.37. The molecule has 0 atom stereocenters. The van der Waals surface area contributed by atoms with E-state index in [1.807, 2.05) is 0 Å². The van der Waals surface area contributed by atoms with Crippen LogP contribution in [0.25, 0.3) is 6.08 Å². The summed E-state index contributed by atoms with van der Waals surface area (Å²) in [6, 6.07) is 0. The standard InChI is InChI=1S/C13H20BrN3/c1-3-11-13(14)12(17(4-2)16-11)8-10-6-5-7-15-9-10/h8,15H,3-7,9H2,1-2H3/b10-8+. The molecule has 1 aromatic heterocycles. The van der Waals surface area contributed by atoms with E-state index in [2.05, 4.69) is 51.0 Å². The molecule has 1 aliphatic heterocycles. The molecule has 0 bridgehead atoms. The fraction of sp³-hybridized carbons (Fsp3) is 0.615. The van der Waals surface area contributed by atoms with E-state index < -0.39 is 0 Å². The molecule has 0 aromatic carbocycles. The first kappa shape index (κ1) is 12.8. The highest BCUT2D eigenvalue weighted by atomic mass is 79.9. The van der Waals surface area contributed by atoms with E-state index in [1.54, 1.807) is 0 Å². The number of rotatable bonds is 3. The van der Waals surface area contributed by atoms with Crippen LogP contribution >= 0.6 is 15.9 Å². The lowest BCUT2D eigenvalue weighted by Crippen LogP contribution is -2.23. The second kappa shape index (κ2) is 5.83. The summed E-state index contributed by atoms with van der Waals surface area (Å²) in [6.07, 6.45) is 5.72. The molecule has 0 radical (unpaired) electrons. The fourth-order valence-corrected chi connectivity index (χ4v) is 2.88. The van der Waals surface area contributed by atoms with Gasteiger partial charge in [-0.2, -0.15) is 5.10 Å². The molecule has 1 fully saturated rings. The Labute approximate surface area is 111 Å². The summed E-state index contributed by atoms with van der Waals surface area (Å²) >= 11 is 3.68. The van der Waals surface area contributed by atoms with Crippen molar-refractivity contribution in [3.05, 3.63) is 21.4 Å². The van der Waals surface area contributed by atoms with Gasteiger partial charge in [-0.25, -0.2) is 0 Å². The minimum atomic E-state index is 0.922. The number of nitrogens with one attached hydrogen (secondary N) is 1. The lowest BCUT2D eigenvalue weighted by atomic mass is 10.1. The zero-order chi connectivity index (χ0) is 12.3. The number of halogens is 1. The largest absolute Gasteiger partial charge is 0.313 e. The maximum Gasteiger partial charge on any atom is 0.0770 e. The van der Waals surface area contributed by atoms with E-state index in [1.165, 1.54) is 28.6 Å². The molecule has 1 N–H and O–H groups in total. The van der Waals surface area contributed by atoms with Crippen molar-refractivity contribution in [2.24, 2.45) is 0 Å². The summed E-state index contributed by atoms with van der Waals surface area (Å²) in [5.74, 6) is 0. The van der Waals surface area contributed by atoms with Crippen molar-refractivity contribution in [3.63, 3.8) is 0 Å². The summed E-state index contributed by atoms with van der Waals surface area (Å²) < 4.78 is 3.25. The second-order valence-corrected chi connectivity index (χ2v) is 5.19. The molecule has 1 aliphatic rings. The van der Waals surface area contributed by atoms with Crippen molar-refractivity contribution in [1.29, 1.82) is 0 Å². The van der Waals surface area contributed by atoms with Crippen LogP contribution in [0.5, 0.6) is 0 Å². The van der Waals surface area contributed by atoms with Gasteiger partial charge < -0.3 is 5.32 Å². The van der Waals surface area contributed by atoms with Crippen LogP contribution in [-0.2, 0) is 13.0 Å². The third-order valence-corrected chi connectivity index (χ3v) is 4.04. The number of aryl methyl sites for hydroxylation is 2. The average molecular weight is 298 g/mol. The molecular weight excluding hydrogens is 278 g/mol. The van der Waals surface area contributed by atoms with Crippen LogP contribution in [0.4, 0.5) is 0 Å². The van der Waals surface area contributed by atoms with Crippen molar-refractivity contribution in [3.8, 4) is 0 Å². The van der Waals surface area contributed by atoms with Gasteiger partial charge in [-0.1, -0.05) is 12.5 Å². The molecule has 0 spiro atoms. The van der Waals surface area contributed by atoms with Gasteiger partial charge in [-0.15, -0.1) is 0 Å². The van der Waals surface area contributed by atoms with Crippen molar-refractivity contribution >= 4 is 22.0 Å². The molecule has 1 saturated heterocycles. The van der Waals surface area contributed by atoms with Gasteiger partial charge in [0.15, 0.2) is 0 Å². The molecule has 0 unspecified atom stereocenters. The van der Waals surface area contributed by atoms with Crippen molar-refractivity contribution < 1.29 is 0 Å². The first-order chi connectivity index (χ1) is 8.26. The maximum absolute atomic E-state index is 4.62. The van der Waals surface area contributed by atoms with Crippen LogP contribution in [0.1, 0.15) is 38.1 Å². The number of nitrogens with zero attached hydrogens (tertiary/aromatic N) is 2. The number of piperidine rings is 1. The van der Waals surface area contributed by atoms with Gasteiger partial charge in [0.05, 0.1) is 15.9 Å². The van der Waals surface area contributed by atoms with Crippen molar-refractivity contribution in [2.45, 2.75) is 39.7 Å². The zero-order valence-electron chi connectivity index (χ0n) is 10.6. The molecule has 0 saturated carbocycles. The van der Waals surface area contributed by atoms with Crippen LogP contribution in [0, 0.1) is 0 Å². The Hall–Kier alpha value is -0.610. The first-order valence-corrected chi connectivity index (χ1v) is 7.20. The maximum atomic E-state index is 4.62. The fourth-order valence-electron chi connectivity index (χ4n) is 2.20. The third-order valence-electron chi connectivity index (χ3n) is 3.18. The van der Waals surface area contributed by atoms with Crippen LogP contribution < -0.4 is 5.32 Å². The molecular formula is C13H20BrN3. The van der Waals surface area contributed by atoms with Gasteiger partial charge in [-0.3, -0.25) is 4.68 Å². The Morgan fingerprint density at radius 1 is 1.47 bits per heavy atom. The Balaban J connectivity index is 2.32. The molecule has 2 heterocycles.